The Morgan fingerprint density at radius 1 is 1.42 bits per heavy atom. The quantitative estimate of drug-likeness (QED) is 0.918. The molecule has 0 spiro atoms. The van der Waals surface area contributed by atoms with Gasteiger partial charge < -0.3 is 10.5 Å². The molecule has 1 aromatic carbocycles. The van der Waals surface area contributed by atoms with Crippen molar-refractivity contribution in [2.24, 2.45) is 5.73 Å². The molecule has 1 aliphatic rings. The average molecular weight is 338 g/mol. The molecule has 1 aromatic heterocycles. The Morgan fingerprint density at radius 3 is 3.00 bits per heavy atom. The van der Waals surface area contributed by atoms with E-state index < -0.39 is 0 Å². The molecule has 1 atom stereocenters. The summed E-state index contributed by atoms with van der Waals surface area (Å²) in [5.41, 5.74) is 8.82. The smallest absolute Gasteiger partial charge is 0.125 e. The third kappa shape index (κ3) is 2.71. The molecule has 100 valence electrons. The molecule has 2 heterocycles. The largest absolute Gasteiger partial charge is 0.493 e. The highest BCUT2D eigenvalue weighted by Gasteiger charge is 2.20. The van der Waals surface area contributed by atoms with Crippen LogP contribution in [0.15, 0.2) is 28.7 Å². The molecule has 1 aliphatic heterocycles. The van der Waals surface area contributed by atoms with Gasteiger partial charge in [0.05, 0.1) is 6.61 Å². The number of nitrogens with two attached hydrogens (primary N) is 1. The van der Waals surface area contributed by atoms with Gasteiger partial charge in [-0.15, -0.1) is 11.3 Å². The molecule has 4 heteroatoms. The van der Waals surface area contributed by atoms with Crippen LogP contribution in [-0.4, -0.2) is 6.61 Å². The van der Waals surface area contributed by atoms with Crippen LogP contribution in [0, 0.1) is 6.92 Å². The first-order valence-electron chi connectivity index (χ1n) is 6.39. The Labute approximate surface area is 125 Å². The van der Waals surface area contributed by atoms with Crippen LogP contribution >= 0.6 is 27.3 Å². The second-order valence-electron chi connectivity index (χ2n) is 4.91. The summed E-state index contributed by atoms with van der Waals surface area (Å²) in [7, 11) is 0. The lowest BCUT2D eigenvalue weighted by molar-refractivity contribution is 0.352. The van der Waals surface area contributed by atoms with Gasteiger partial charge in [-0.25, -0.2) is 0 Å². The lowest BCUT2D eigenvalue weighted by atomic mass is 10.0. The summed E-state index contributed by atoms with van der Waals surface area (Å²) in [4.78, 5) is 2.55. The summed E-state index contributed by atoms with van der Waals surface area (Å²) in [5.74, 6) is 1.05. The van der Waals surface area contributed by atoms with Crippen LogP contribution in [0.4, 0.5) is 0 Å². The summed E-state index contributed by atoms with van der Waals surface area (Å²) < 4.78 is 6.87. The summed E-state index contributed by atoms with van der Waals surface area (Å²) in [5, 5.41) is 0. The highest BCUT2D eigenvalue weighted by Crippen LogP contribution is 2.35. The number of thiophene rings is 1. The summed E-state index contributed by atoms with van der Waals surface area (Å²) in [6, 6.07) is 8.57. The second-order valence-corrected chi connectivity index (χ2v) is 7.15. The molecule has 19 heavy (non-hydrogen) atoms. The Hall–Kier alpha value is -0.840. The van der Waals surface area contributed by atoms with Gasteiger partial charge in [-0.3, -0.25) is 0 Å². The molecule has 1 unspecified atom stereocenters. The first-order valence-corrected chi connectivity index (χ1v) is 8.00. The number of hydrogen-bond acceptors (Lipinski definition) is 3. The molecule has 2 N–H and O–H groups in total. The highest BCUT2D eigenvalue weighted by molar-refractivity contribution is 9.10. The number of fused-ring (bicyclic) bond motifs is 1. The third-order valence-corrected chi connectivity index (χ3v) is 4.98. The Morgan fingerprint density at radius 2 is 2.26 bits per heavy atom. The van der Waals surface area contributed by atoms with Crippen LogP contribution < -0.4 is 10.5 Å². The van der Waals surface area contributed by atoms with Crippen molar-refractivity contribution in [3.05, 3.63) is 49.6 Å². The molecule has 0 amide bonds. The van der Waals surface area contributed by atoms with Gasteiger partial charge in [0.2, 0.25) is 0 Å². The molecule has 0 saturated carbocycles. The summed E-state index contributed by atoms with van der Waals surface area (Å²) in [6.45, 7) is 2.90. The fourth-order valence-electron chi connectivity index (χ4n) is 2.49. The standard InChI is InChI=1S/C15H16BrNOS/c1-9-2-3-14(19-9)13(17)8-11-7-12(16)6-10-4-5-18-15(10)11/h2-3,6-7,13H,4-5,8,17H2,1H3. The maximum absolute atomic E-state index is 6.32. The minimum absolute atomic E-state index is 0.0429. The van der Waals surface area contributed by atoms with Gasteiger partial charge in [-0.2, -0.15) is 0 Å². The molecular formula is C15H16BrNOS. The number of rotatable bonds is 3. The maximum Gasteiger partial charge on any atom is 0.125 e. The zero-order valence-electron chi connectivity index (χ0n) is 10.8. The van der Waals surface area contributed by atoms with Crippen molar-refractivity contribution in [3.63, 3.8) is 0 Å². The highest BCUT2D eigenvalue weighted by atomic mass is 79.9. The number of hydrogen-bond donors (Lipinski definition) is 1. The Bertz CT molecular complexity index is 608. The Kier molecular flexibility index (Phi) is 3.65. The lowest BCUT2D eigenvalue weighted by Gasteiger charge is -2.13. The van der Waals surface area contributed by atoms with Gasteiger partial charge in [0.1, 0.15) is 5.75 Å². The van der Waals surface area contributed by atoms with Gasteiger partial charge in [-0.1, -0.05) is 15.9 Å². The summed E-state index contributed by atoms with van der Waals surface area (Å²) >= 11 is 5.35. The minimum Gasteiger partial charge on any atom is -0.493 e. The number of benzene rings is 1. The van der Waals surface area contributed by atoms with E-state index in [0.29, 0.717) is 0 Å². The van der Waals surface area contributed by atoms with E-state index in [4.69, 9.17) is 10.5 Å². The van der Waals surface area contributed by atoms with E-state index in [1.54, 1.807) is 11.3 Å². The van der Waals surface area contributed by atoms with Crippen LogP contribution in [0.1, 0.15) is 26.9 Å². The van der Waals surface area contributed by atoms with E-state index in [-0.39, 0.29) is 6.04 Å². The van der Waals surface area contributed by atoms with E-state index in [2.05, 4.69) is 47.1 Å². The van der Waals surface area contributed by atoms with E-state index in [1.165, 1.54) is 20.9 Å². The molecule has 0 aliphatic carbocycles. The first-order chi connectivity index (χ1) is 9.13. The van der Waals surface area contributed by atoms with Gasteiger partial charge in [0.25, 0.3) is 0 Å². The second kappa shape index (κ2) is 5.27. The Balaban J connectivity index is 1.87. The monoisotopic (exact) mass is 337 g/mol. The van der Waals surface area contributed by atoms with E-state index in [9.17, 15) is 0 Å². The van der Waals surface area contributed by atoms with Crippen molar-refractivity contribution in [3.8, 4) is 5.75 Å². The van der Waals surface area contributed by atoms with Crippen LogP contribution in [0.5, 0.6) is 5.75 Å². The number of halogens is 1. The van der Waals surface area contributed by atoms with Crippen molar-refractivity contribution in [2.75, 3.05) is 6.61 Å². The minimum atomic E-state index is 0.0429. The van der Waals surface area contributed by atoms with Gasteiger partial charge >= 0.3 is 0 Å². The van der Waals surface area contributed by atoms with Crippen molar-refractivity contribution < 1.29 is 4.74 Å². The van der Waals surface area contributed by atoms with Crippen LogP contribution in [-0.2, 0) is 12.8 Å². The van der Waals surface area contributed by atoms with E-state index in [1.807, 2.05) is 0 Å². The van der Waals surface area contributed by atoms with Crippen molar-refractivity contribution >= 4 is 27.3 Å². The first kappa shape index (κ1) is 13.2. The predicted molar refractivity (Wildman–Crippen MR) is 83.0 cm³/mol. The number of ether oxygens (including phenoxy) is 1. The zero-order chi connectivity index (χ0) is 13.4. The molecule has 0 radical (unpaired) electrons. The van der Waals surface area contributed by atoms with E-state index in [0.717, 1.165) is 29.7 Å². The SMILES string of the molecule is Cc1ccc(C(N)Cc2cc(Br)cc3c2OCC3)s1. The number of aryl methyl sites for hydroxylation is 1. The lowest BCUT2D eigenvalue weighted by Crippen LogP contribution is -2.12. The normalized spacial score (nSPS) is 15.1. The maximum atomic E-state index is 6.32. The van der Waals surface area contributed by atoms with Gasteiger partial charge in [-0.05, 0) is 48.7 Å². The zero-order valence-corrected chi connectivity index (χ0v) is 13.2. The van der Waals surface area contributed by atoms with Gasteiger partial charge in [0, 0.05) is 26.7 Å². The molecule has 2 aromatic rings. The van der Waals surface area contributed by atoms with Gasteiger partial charge in [0.15, 0.2) is 0 Å². The molecule has 0 bridgehead atoms. The molecule has 0 saturated heterocycles. The van der Waals surface area contributed by atoms with Crippen LogP contribution in [0.2, 0.25) is 0 Å². The van der Waals surface area contributed by atoms with E-state index >= 15 is 0 Å². The summed E-state index contributed by atoms with van der Waals surface area (Å²) in [6.07, 6.45) is 1.82. The van der Waals surface area contributed by atoms with Crippen molar-refractivity contribution in [1.82, 2.24) is 0 Å². The van der Waals surface area contributed by atoms with Crippen LogP contribution in [0.3, 0.4) is 0 Å². The fraction of sp³-hybridized carbons (Fsp3) is 0.333. The molecular weight excluding hydrogens is 322 g/mol. The van der Waals surface area contributed by atoms with Crippen molar-refractivity contribution in [2.45, 2.75) is 25.8 Å². The average Bonchev–Trinajstić information content (AvgIpc) is 2.97. The fourth-order valence-corrected chi connectivity index (χ4v) is 3.92. The molecule has 0 fully saturated rings. The van der Waals surface area contributed by atoms with Crippen molar-refractivity contribution in [1.29, 1.82) is 0 Å². The van der Waals surface area contributed by atoms with Crippen LogP contribution in [0.25, 0.3) is 0 Å². The predicted octanol–water partition coefficient (Wildman–Crippen LogP) is 4.00. The topological polar surface area (TPSA) is 35.2 Å². The third-order valence-electron chi connectivity index (χ3n) is 3.39. The molecule has 3 rings (SSSR count). The molecule has 2 nitrogen and oxygen atoms in total.